The molecule has 0 bridgehead atoms. The second kappa shape index (κ2) is 6.47. The van der Waals surface area contributed by atoms with Gasteiger partial charge < -0.3 is 0 Å². The molecule has 0 radical (unpaired) electrons. The van der Waals surface area contributed by atoms with E-state index in [1.54, 1.807) is 0 Å². The number of carbonyl (C=O) groups excluding carboxylic acids is 1. The predicted molar refractivity (Wildman–Crippen MR) is 59.2 cm³/mol. The van der Waals surface area contributed by atoms with Gasteiger partial charge in [-0.1, -0.05) is 26.2 Å². The van der Waals surface area contributed by atoms with Crippen LogP contribution in [0.4, 0.5) is 0 Å². The minimum atomic E-state index is 0.363. The SMILES string of the molecule is CCCCCCC(=O)C1CCCS1. The summed E-state index contributed by atoms with van der Waals surface area (Å²) >= 11 is 1.86. The molecule has 1 saturated heterocycles. The highest BCUT2D eigenvalue weighted by Gasteiger charge is 2.22. The van der Waals surface area contributed by atoms with Crippen molar-refractivity contribution in [3.8, 4) is 0 Å². The van der Waals surface area contributed by atoms with E-state index in [1.165, 1.54) is 31.4 Å². The molecule has 0 aromatic rings. The highest BCUT2D eigenvalue weighted by Crippen LogP contribution is 2.28. The van der Waals surface area contributed by atoms with Gasteiger partial charge in [-0.3, -0.25) is 4.79 Å². The topological polar surface area (TPSA) is 17.1 Å². The fourth-order valence-electron chi connectivity index (χ4n) is 1.72. The van der Waals surface area contributed by atoms with Gasteiger partial charge >= 0.3 is 0 Å². The fraction of sp³-hybridized carbons (Fsp3) is 0.909. The molecule has 0 amide bonds. The lowest BCUT2D eigenvalue weighted by molar-refractivity contribution is -0.118. The Kier molecular flexibility index (Phi) is 5.52. The van der Waals surface area contributed by atoms with Crippen molar-refractivity contribution in [3.05, 3.63) is 0 Å². The first-order valence-electron chi connectivity index (χ1n) is 5.49. The summed E-state index contributed by atoms with van der Waals surface area (Å²) in [6.45, 7) is 2.20. The normalized spacial score (nSPS) is 22.1. The van der Waals surface area contributed by atoms with Gasteiger partial charge in [0.05, 0.1) is 5.25 Å². The summed E-state index contributed by atoms with van der Waals surface area (Å²) in [5, 5.41) is 0.363. The Bertz CT molecular complexity index is 150. The van der Waals surface area contributed by atoms with E-state index in [9.17, 15) is 4.79 Å². The molecule has 76 valence electrons. The first-order valence-corrected chi connectivity index (χ1v) is 6.53. The van der Waals surface area contributed by atoms with E-state index < -0.39 is 0 Å². The number of thioether (sulfide) groups is 1. The first-order chi connectivity index (χ1) is 6.34. The van der Waals surface area contributed by atoms with Crippen molar-refractivity contribution >= 4 is 17.5 Å². The van der Waals surface area contributed by atoms with Crippen LogP contribution in [-0.4, -0.2) is 16.8 Å². The molecule has 0 aromatic carbocycles. The van der Waals surface area contributed by atoms with Crippen LogP contribution >= 0.6 is 11.8 Å². The zero-order valence-corrected chi connectivity index (χ0v) is 9.37. The fourth-order valence-corrected chi connectivity index (χ4v) is 2.97. The molecule has 0 saturated carbocycles. The van der Waals surface area contributed by atoms with Crippen molar-refractivity contribution in [2.75, 3.05) is 5.75 Å². The predicted octanol–water partition coefficient (Wildman–Crippen LogP) is 3.42. The van der Waals surface area contributed by atoms with E-state index in [0.29, 0.717) is 11.0 Å². The molecule has 2 heteroatoms. The van der Waals surface area contributed by atoms with Crippen LogP contribution in [0.1, 0.15) is 51.9 Å². The quantitative estimate of drug-likeness (QED) is 0.611. The standard InChI is InChI=1S/C11H20OS/c1-2-3-4-5-7-10(12)11-8-6-9-13-11/h11H,2-9H2,1H3. The molecule has 0 spiro atoms. The van der Waals surface area contributed by atoms with Crippen LogP contribution in [-0.2, 0) is 4.79 Å². The molecular formula is C11H20OS. The van der Waals surface area contributed by atoms with Gasteiger partial charge in [0, 0.05) is 6.42 Å². The van der Waals surface area contributed by atoms with E-state index in [-0.39, 0.29) is 0 Å². The number of ketones is 1. The number of hydrogen-bond acceptors (Lipinski definition) is 2. The summed E-state index contributed by atoms with van der Waals surface area (Å²) in [7, 11) is 0. The minimum Gasteiger partial charge on any atom is -0.298 e. The molecule has 1 aliphatic rings. The second-order valence-corrected chi connectivity index (χ2v) is 5.09. The molecule has 0 aliphatic carbocycles. The average molecular weight is 200 g/mol. The van der Waals surface area contributed by atoms with Crippen molar-refractivity contribution in [2.45, 2.75) is 57.1 Å². The molecule has 13 heavy (non-hydrogen) atoms. The summed E-state index contributed by atoms with van der Waals surface area (Å²) in [6.07, 6.45) is 8.10. The molecule has 1 fully saturated rings. The third kappa shape index (κ3) is 4.17. The smallest absolute Gasteiger partial charge is 0.145 e. The molecule has 1 unspecified atom stereocenters. The lowest BCUT2D eigenvalue weighted by Crippen LogP contribution is -2.13. The lowest BCUT2D eigenvalue weighted by atomic mass is 10.1. The molecule has 1 aliphatic heterocycles. The summed E-state index contributed by atoms with van der Waals surface area (Å²) in [4.78, 5) is 11.6. The Labute approximate surface area is 85.7 Å². The van der Waals surface area contributed by atoms with E-state index >= 15 is 0 Å². The maximum Gasteiger partial charge on any atom is 0.145 e. The highest BCUT2D eigenvalue weighted by molar-refractivity contribution is 8.00. The van der Waals surface area contributed by atoms with Gasteiger partial charge in [-0.15, -0.1) is 0 Å². The van der Waals surface area contributed by atoms with Crippen LogP contribution in [0.15, 0.2) is 0 Å². The van der Waals surface area contributed by atoms with Crippen molar-refractivity contribution in [1.29, 1.82) is 0 Å². The monoisotopic (exact) mass is 200 g/mol. The van der Waals surface area contributed by atoms with Gasteiger partial charge in [-0.05, 0) is 25.0 Å². The number of rotatable bonds is 6. The second-order valence-electron chi connectivity index (χ2n) is 3.78. The Hall–Kier alpha value is 0.0200. The van der Waals surface area contributed by atoms with Crippen LogP contribution < -0.4 is 0 Å². The van der Waals surface area contributed by atoms with Gasteiger partial charge in [0.1, 0.15) is 5.78 Å². The average Bonchev–Trinajstić information content (AvgIpc) is 2.65. The third-order valence-corrected chi connectivity index (χ3v) is 3.99. The number of Topliss-reactive ketones (excluding diaryl/α,β-unsaturated/α-hetero) is 1. The molecule has 1 nitrogen and oxygen atoms in total. The van der Waals surface area contributed by atoms with Crippen molar-refractivity contribution in [3.63, 3.8) is 0 Å². The van der Waals surface area contributed by atoms with Crippen molar-refractivity contribution < 1.29 is 4.79 Å². The summed E-state index contributed by atoms with van der Waals surface area (Å²) < 4.78 is 0. The Morgan fingerprint density at radius 2 is 2.23 bits per heavy atom. The maximum absolute atomic E-state index is 11.6. The van der Waals surface area contributed by atoms with Crippen LogP contribution in [0.3, 0.4) is 0 Å². The van der Waals surface area contributed by atoms with E-state index in [0.717, 1.165) is 19.3 Å². The zero-order chi connectivity index (χ0) is 9.52. The molecule has 1 heterocycles. The van der Waals surface area contributed by atoms with Crippen LogP contribution in [0.2, 0.25) is 0 Å². The number of carbonyl (C=O) groups is 1. The van der Waals surface area contributed by atoms with Crippen molar-refractivity contribution in [1.82, 2.24) is 0 Å². The Balaban J connectivity index is 2.03. The molecule has 1 atom stereocenters. The molecular weight excluding hydrogens is 180 g/mol. The van der Waals surface area contributed by atoms with Gasteiger partial charge in [0.2, 0.25) is 0 Å². The van der Waals surface area contributed by atoms with E-state index in [1.807, 2.05) is 11.8 Å². The largest absolute Gasteiger partial charge is 0.298 e. The van der Waals surface area contributed by atoms with E-state index in [2.05, 4.69) is 6.92 Å². The Morgan fingerprint density at radius 1 is 1.38 bits per heavy atom. The number of hydrogen-bond donors (Lipinski definition) is 0. The Morgan fingerprint density at radius 3 is 2.85 bits per heavy atom. The van der Waals surface area contributed by atoms with Crippen LogP contribution in [0, 0.1) is 0 Å². The molecule has 1 rings (SSSR count). The number of unbranched alkanes of at least 4 members (excludes halogenated alkanes) is 3. The zero-order valence-electron chi connectivity index (χ0n) is 8.55. The third-order valence-electron chi connectivity index (χ3n) is 2.57. The lowest BCUT2D eigenvalue weighted by Gasteiger charge is -2.06. The van der Waals surface area contributed by atoms with E-state index in [4.69, 9.17) is 0 Å². The molecule has 0 N–H and O–H groups in total. The van der Waals surface area contributed by atoms with Gasteiger partial charge in [-0.2, -0.15) is 11.8 Å². The van der Waals surface area contributed by atoms with Gasteiger partial charge in [0.15, 0.2) is 0 Å². The highest BCUT2D eigenvalue weighted by atomic mass is 32.2. The van der Waals surface area contributed by atoms with Crippen LogP contribution in [0.25, 0.3) is 0 Å². The first kappa shape index (κ1) is 11.1. The van der Waals surface area contributed by atoms with Crippen LogP contribution in [0.5, 0.6) is 0 Å². The molecule has 0 aromatic heterocycles. The van der Waals surface area contributed by atoms with Gasteiger partial charge in [-0.25, -0.2) is 0 Å². The van der Waals surface area contributed by atoms with Gasteiger partial charge in [0.25, 0.3) is 0 Å². The maximum atomic E-state index is 11.6. The van der Waals surface area contributed by atoms with Crippen molar-refractivity contribution in [2.24, 2.45) is 0 Å². The summed E-state index contributed by atoms with van der Waals surface area (Å²) in [6, 6.07) is 0. The summed E-state index contributed by atoms with van der Waals surface area (Å²) in [5.41, 5.74) is 0. The summed E-state index contributed by atoms with van der Waals surface area (Å²) in [5.74, 6) is 1.71. The minimum absolute atomic E-state index is 0.363.